The molecule has 0 spiro atoms. The fraction of sp³-hybridized carbons (Fsp3) is 0.500. The van der Waals surface area contributed by atoms with Gasteiger partial charge < -0.3 is 16.0 Å². The number of hydrogen-bond donors (Lipinski definition) is 2. The predicted octanol–water partition coefficient (Wildman–Crippen LogP) is 5.15. The largest absolute Gasteiger partial charge is 0.367 e. The predicted molar refractivity (Wildman–Crippen MR) is 140 cm³/mol. The highest BCUT2D eigenvalue weighted by atomic mass is 79.9. The van der Waals surface area contributed by atoms with Crippen molar-refractivity contribution in [1.82, 2.24) is 10.2 Å². The number of nitriles is 1. The second kappa shape index (κ2) is 8.65. The molecule has 1 aromatic rings. The number of fused-ring (bicyclic) bond motifs is 1. The van der Waals surface area contributed by atoms with Gasteiger partial charge in [-0.1, -0.05) is 64.9 Å². The number of benzene rings is 1. The lowest BCUT2D eigenvalue weighted by molar-refractivity contribution is 0.303. The fourth-order valence-electron chi connectivity index (χ4n) is 5.84. The molecule has 33 heavy (non-hydrogen) atoms. The monoisotopic (exact) mass is 523 g/mol. The van der Waals surface area contributed by atoms with Crippen LogP contribution >= 0.6 is 28.1 Å². The molecule has 3 N–H and O–H groups in total. The van der Waals surface area contributed by atoms with Crippen LogP contribution in [0.4, 0.5) is 0 Å². The van der Waals surface area contributed by atoms with E-state index in [1.165, 1.54) is 12.0 Å². The Labute approximate surface area is 209 Å². The first-order valence-electron chi connectivity index (χ1n) is 11.8. The maximum atomic E-state index is 10.8. The van der Waals surface area contributed by atoms with Crippen LogP contribution in [-0.2, 0) is 0 Å². The number of nitrogens with one attached hydrogen (secondary N) is 1. The first kappa shape index (κ1) is 22.8. The van der Waals surface area contributed by atoms with E-state index in [9.17, 15) is 5.26 Å². The highest BCUT2D eigenvalue weighted by molar-refractivity contribution is 9.10. The molecule has 0 radical (unpaired) electrons. The molecule has 6 unspecified atom stereocenters. The molecule has 0 aromatic heterocycles. The van der Waals surface area contributed by atoms with Crippen molar-refractivity contribution in [2.45, 2.75) is 70.1 Å². The van der Waals surface area contributed by atoms with Gasteiger partial charge in [-0.15, -0.1) is 0 Å². The molecular weight excluding hydrogens is 494 g/mol. The van der Waals surface area contributed by atoms with E-state index in [2.05, 4.69) is 58.2 Å². The Balaban J connectivity index is 1.63. The average molecular weight is 525 g/mol. The van der Waals surface area contributed by atoms with E-state index in [-0.39, 0.29) is 18.0 Å². The molecule has 5 nitrogen and oxygen atoms in total. The lowest BCUT2D eigenvalue weighted by Crippen LogP contribution is -2.55. The van der Waals surface area contributed by atoms with E-state index in [1.807, 2.05) is 24.3 Å². The van der Waals surface area contributed by atoms with Gasteiger partial charge in [0.25, 0.3) is 0 Å². The number of nitrogens with zero attached hydrogens (tertiary/aromatic N) is 3. The van der Waals surface area contributed by atoms with Gasteiger partial charge >= 0.3 is 0 Å². The number of amidine groups is 1. The van der Waals surface area contributed by atoms with Crippen molar-refractivity contribution in [2.24, 2.45) is 22.1 Å². The molecule has 0 amide bonds. The summed E-state index contributed by atoms with van der Waals surface area (Å²) in [4.78, 5) is 7.88. The molecule has 7 heteroatoms. The second-order valence-corrected chi connectivity index (χ2v) is 11.2. The summed E-state index contributed by atoms with van der Waals surface area (Å²) in [6, 6.07) is 11.0. The van der Waals surface area contributed by atoms with Crippen LogP contribution in [-0.4, -0.2) is 34.0 Å². The third-order valence-corrected chi connectivity index (χ3v) is 8.83. The third-order valence-electron chi connectivity index (χ3n) is 7.87. The van der Waals surface area contributed by atoms with Crippen molar-refractivity contribution in [3.05, 3.63) is 57.7 Å². The number of rotatable bonds is 3. The van der Waals surface area contributed by atoms with Crippen LogP contribution in [0.5, 0.6) is 0 Å². The number of likely N-dealkylation sites (tertiary alicyclic amines) is 1. The van der Waals surface area contributed by atoms with Crippen molar-refractivity contribution in [1.29, 1.82) is 5.26 Å². The molecule has 1 aromatic carbocycles. The summed E-state index contributed by atoms with van der Waals surface area (Å²) in [5, 5.41) is 14.5. The summed E-state index contributed by atoms with van der Waals surface area (Å²) in [6.07, 6.45) is 9.16. The standard InChI is InChI=1S/C26H30BrN5S/c1-15-12-20-21(13-16(15)2)31-25(30-20)26(14-28)22(17-8-10-18(27)11-9-17)23(33)32(24(26)29)19-6-4-3-5-7-19/h6,8-12,16,20-22,24H,3-5,7,13,29H2,1-2H3,(H,30,31). The Hall–Kier alpha value is -2.01. The summed E-state index contributed by atoms with van der Waals surface area (Å²) in [6.45, 7) is 4.42. The second-order valence-electron chi connectivity index (χ2n) is 9.83. The van der Waals surface area contributed by atoms with Crippen LogP contribution in [0, 0.1) is 22.7 Å². The van der Waals surface area contributed by atoms with Crippen LogP contribution in [0.15, 0.2) is 57.2 Å². The normalized spacial score (nSPS) is 35.8. The molecule has 5 rings (SSSR count). The van der Waals surface area contributed by atoms with Gasteiger partial charge in [0.1, 0.15) is 12.0 Å². The zero-order valence-corrected chi connectivity index (χ0v) is 21.5. The smallest absolute Gasteiger partial charge is 0.161 e. The molecule has 2 heterocycles. The molecule has 2 aliphatic heterocycles. The molecule has 2 aliphatic carbocycles. The van der Waals surface area contributed by atoms with Gasteiger partial charge in [-0.2, -0.15) is 5.26 Å². The molecule has 6 atom stereocenters. The highest BCUT2D eigenvalue weighted by Gasteiger charge is 2.62. The summed E-state index contributed by atoms with van der Waals surface area (Å²) in [5.41, 5.74) is 9.43. The number of nitrogens with two attached hydrogens (primary N) is 1. The Morgan fingerprint density at radius 1 is 1.30 bits per heavy atom. The Morgan fingerprint density at radius 3 is 2.73 bits per heavy atom. The lowest BCUT2D eigenvalue weighted by atomic mass is 9.72. The molecule has 172 valence electrons. The Bertz CT molecular complexity index is 1100. The van der Waals surface area contributed by atoms with Crippen LogP contribution in [0.1, 0.15) is 57.4 Å². The van der Waals surface area contributed by atoms with Gasteiger partial charge in [0.15, 0.2) is 5.41 Å². The zero-order valence-electron chi connectivity index (χ0n) is 19.1. The van der Waals surface area contributed by atoms with Crippen LogP contribution in [0.3, 0.4) is 0 Å². The first-order chi connectivity index (χ1) is 15.9. The number of allylic oxidation sites excluding steroid dienone is 3. The number of hydrogen-bond acceptors (Lipinski definition) is 5. The van der Waals surface area contributed by atoms with Gasteiger partial charge in [-0.25, -0.2) is 0 Å². The van der Waals surface area contributed by atoms with Gasteiger partial charge in [0.05, 0.1) is 29.1 Å². The van der Waals surface area contributed by atoms with Gasteiger partial charge in [0.2, 0.25) is 0 Å². The molecule has 1 fully saturated rings. The van der Waals surface area contributed by atoms with E-state index >= 15 is 0 Å². The minimum Gasteiger partial charge on any atom is -0.367 e. The summed E-state index contributed by atoms with van der Waals surface area (Å²) < 4.78 is 0.991. The van der Waals surface area contributed by atoms with Gasteiger partial charge in [-0.3, -0.25) is 4.99 Å². The van der Waals surface area contributed by atoms with Crippen molar-refractivity contribution in [2.75, 3.05) is 0 Å². The Morgan fingerprint density at radius 2 is 2.06 bits per heavy atom. The number of halogens is 1. The van der Waals surface area contributed by atoms with Crippen LogP contribution < -0.4 is 11.1 Å². The molecule has 0 saturated carbocycles. The lowest BCUT2D eigenvalue weighted by Gasteiger charge is -2.34. The first-order valence-corrected chi connectivity index (χ1v) is 13.0. The van der Waals surface area contributed by atoms with Crippen molar-refractivity contribution >= 4 is 39.0 Å². The van der Waals surface area contributed by atoms with E-state index < -0.39 is 11.6 Å². The fourth-order valence-corrected chi connectivity index (χ4v) is 6.66. The quantitative estimate of drug-likeness (QED) is 0.422. The van der Waals surface area contributed by atoms with Crippen molar-refractivity contribution in [3.8, 4) is 6.07 Å². The third kappa shape index (κ3) is 3.58. The molecule has 1 saturated heterocycles. The van der Waals surface area contributed by atoms with Crippen LogP contribution in [0.2, 0.25) is 0 Å². The number of aliphatic imine (C=N–C) groups is 1. The number of thiocarbonyl (C=S) groups is 1. The molecule has 0 bridgehead atoms. The topological polar surface area (TPSA) is 77.4 Å². The molecule has 4 aliphatic rings. The van der Waals surface area contributed by atoms with Gasteiger partial charge in [0, 0.05) is 10.2 Å². The summed E-state index contributed by atoms with van der Waals surface area (Å²) in [5.74, 6) is 0.841. The average Bonchev–Trinajstić information content (AvgIpc) is 3.31. The summed E-state index contributed by atoms with van der Waals surface area (Å²) >= 11 is 9.63. The van der Waals surface area contributed by atoms with E-state index in [1.54, 1.807) is 0 Å². The minimum absolute atomic E-state index is 0.0377. The van der Waals surface area contributed by atoms with Crippen molar-refractivity contribution in [3.63, 3.8) is 0 Å². The SMILES string of the molecule is CC1=CC2N=C(C3(C#N)C(c4ccc(Br)cc4)C(=S)N(C4=CCCCC4)C3N)NC2CC1C. The minimum atomic E-state index is -1.08. The van der Waals surface area contributed by atoms with E-state index in [0.29, 0.717) is 11.8 Å². The van der Waals surface area contributed by atoms with E-state index in [4.69, 9.17) is 22.9 Å². The highest BCUT2D eigenvalue weighted by Crippen LogP contribution is 2.51. The molecular formula is C26H30BrN5S. The zero-order chi connectivity index (χ0) is 23.3. The maximum Gasteiger partial charge on any atom is 0.161 e. The van der Waals surface area contributed by atoms with Crippen molar-refractivity contribution < 1.29 is 0 Å². The maximum absolute atomic E-state index is 10.8. The Kier molecular flexibility index (Phi) is 5.97. The van der Waals surface area contributed by atoms with Gasteiger partial charge in [-0.05, 0) is 62.6 Å². The van der Waals surface area contributed by atoms with E-state index in [0.717, 1.165) is 46.4 Å². The summed E-state index contributed by atoms with van der Waals surface area (Å²) in [7, 11) is 0. The van der Waals surface area contributed by atoms with Crippen LogP contribution in [0.25, 0.3) is 0 Å².